The molecule has 3 aromatic rings. The molecule has 1 atom stereocenters. The highest BCUT2D eigenvalue weighted by atomic mass is 19.1. The van der Waals surface area contributed by atoms with Gasteiger partial charge in [0.2, 0.25) is 0 Å². The van der Waals surface area contributed by atoms with Crippen LogP contribution < -0.4 is 16.4 Å². The molecule has 0 radical (unpaired) electrons. The molecule has 1 aromatic heterocycles. The first kappa shape index (κ1) is 20.6. The number of benzene rings is 2. The van der Waals surface area contributed by atoms with Gasteiger partial charge in [0.15, 0.2) is 0 Å². The maximum atomic E-state index is 13.6. The molecule has 8 nitrogen and oxygen atoms in total. The van der Waals surface area contributed by atoms with Crippen LogP contribution in [-0.2, 0) is 16.6 Å². The standard InChI is InChI=1S/C20H17F2N5O3/c1-27-9-8-24-18(27)16(11-2-4-12(21)5-3-11)26-20(30)19(29)25-13-6-7-15(22)14(10-13)17(23)28/h2-10,16H,1H3,(H2,23,28)(H,25,29)(H,26,30). The topological polar surface area (TPSA) is 119 Å². The van der Waals surface area contributed by atoms with Gasteiger partial charge in [-0.05, 0) is 35.9 Å². The highest BCUT2D eigenvalue weighted by Gasteiger charge is 2.24. The molecule has 0 saturated carbocycles. The number of anilines is 1. The molecule has 3 amide bonds. The number of halogens is 2. The molecule has 0 aliphatic heterocycles. The molecule has 0 saturated heterocycles. The van der Waals surface area contributed by atoms with Gasteiger partial charge in [-0.15, -0.1) is 0 Å². The molecule has 3 rings (SSSR count). The summed E-state index contributed by atoms with van der Waals surface area (Å²) in [4.78, 5) is 40.2. The summed E-state index contributed by atoms with van der Waals surface area (Å²) in [5, 5.41) is 4.82. The number of imidazole rings is 1. The summed E-state index contributed by atoms with van der Waals surface area (Å²) in [6.07, 6.45) is 3.17. The summed E-state index contributed by atoms with van der Waals surface area (Å²) in [6, 6.07) is 7.70. The smallest absolute Gasteiger partial charge is 0.313 e. The molecule has 0 bridgehead atoms. The van der Waals surface area contributed by atoms with Crippen LogP contribution in [0.2, 0.25) is 0 Å². The summed E-state index contributed by atoms with van der Waals surface area (Å²) in [6.45, 7) is 0. The number of carbonyl (C=O) groups excluding carboxylic acids is 3. The summed E-state index contributed by atoms with van der Waals surface area (Å²) >= 11 is 0. The van der Waals surface area contributed by atoms with Crippen molar-refractivity contribution in [3.63, 3.8) is 0 Å². The Morgan fingerprint density at radius 1 is 1.07 bits per heavy atom. The quantitative estimate of drug-likeness (QED) is 0.551. The Kier molecular flexibility index (Phi) is 5.86. The van der Waals surface area contributed by atoms with Gasteiger partial charge in [-0.3, -0.25) is 14.4 Å². The maximum Gasteiger partial charge on any atom is 0.313 e. The van der Waals surface area contributed by atoms with Crippen molar-refractivity contribution in [3.05, 3.63) is 83.4 Å². The normalized spacial score (nSPS) is 11.6. The van der Waals surface area contributed by atoms with Crippen molar-refractivity contribution >= 4 is 23.4 Å². The molecule has 0 spiro atoms. The third-order valence-corrected chi connectivity index (χ3v) is 4.29. The van der Waals surface area contributed by atoms with E-state index in [0.29, 0.717) is 11.4 Å². The Morgan fingerprint density at radius 3 is 2.37 bits per heavy atom. The number of aryl methyl sites for hydroxylation is 1. The summed E-state index contributed by atoms with van der Waals surface area (Å²) < 4.78 is 28.5. The van der Waals surface area contributed by atoms with Crippen molar-refractivity contribution in [2.45, 2.75) is 6.04 Å². The molecule has 0 fully saturated rings. The number of nitrogens with zero attached hydrogens (tertiary/aromatic N) is 2. The summed E-state index contributed by atoms with van der Waals surface area (Å²) in [5.41, 5.74) is 5.17. The minimum Gasteiger partial charge on any atom is -0.366 e. The first-order valence-corrected chi connectivity index (χ1v) is 8.70. The van der Waals surface area contributed by atoms with Crippen molar-refractivity contribution in [3.8, 4) is 0 Å². The van der Waals surface area contributed by atoms with E-state index in [0.717, 1.165) is 12.1 Å². The number of nitrogens with two attached hydrogens (primary N) is 1. The third-order valence-electron chi connectivity index (χ3n) is 4.29. The number of amides is 3. The minimum atomic E-state index is -1.06. The molecule has 10 heteroatoms. The molecule has 1 unspecified atom stereocenters. The largest absolute Gasteiger partial charge is 0.366 e. The molecule has 2 aromatic carbocycles. The van der Waals surface area contributed by atoms with Gasteiger partial charge in [-0.25, -0.2) is 13.8 Å². The zero-order valence-electron chi connectivity index (χ0n) is 15.7. The number of hydrogen-bond donors (Lipinski definition) is 3. The fourth-order valence-electron chi connectivity index (χ4n) is 2.78. The van der Waals surface area contributed by atoms with E-state index < -0.39 is 41.0 Å². The fourth-order valence-corrected chi connectivity index (χ4v) is 2.78. The second kappa shape index (κ2) is 8.52. The Balaban J connectivity index is 1.81. The molecule has 0 aliphatic carbocycles. The van der Waals surface area contributed by atoms with Gasteiger partial charge in [0, 0.05) is 25.1 Å². The van der Waals surface area contributed by atoms with Crippen LogP contribution in [0, 0.1) is 11.6 Å². The van der Waals surface area contributed by atoms with Crippen LogP contribution in [0.5, 0.6) is 0 Å². The molecular weight excluding hydrogens is 396 g/mol. The monoisotopic (exact) mass is 413 g/mol. The van der Waals surface area contributed by atoms with Gasteiger partial charge in [-0.1, -0.05) is 12.1 Å². The Bertz CT molecular complexity index is 1110. The van der Waals surface area contributed by atoms with Gasteiger partial charge in [-0.2, -0.15) is 0 Å². The van der Waals surface area contributed by atoms with Crippen LogP contribution in [0.3, 0.4) is 0 Å². The first-order chi connectivity index (χ1) is 14.3. The van der Waals surface area contributed by atoms with Crippen LogP contribution in [0.15, 0.2) is 54.9 Å². The maximum absolute atomic E-state index is 13.6. The van der Waals surface area contributed by atoms with Gasteiger partial charge in [0.25, 0.3) is 5.91 Å². The van der Waals surface area contributed by atoms with Crippen LogP contribution in [0.1, 0.15) is 27.8 Å². The number of hydrogen-bond acceptors (Lipinski definition) is 4. The van der Waals surface area contributed by atoms with Gasteiger partial charge in [0.1, 0.15) is 23.5 Å². The Morgan fingerprint density at radius 2 is 1.77 bits per heavy atom. The molecule has 0 aliphatic rings. The zero-order chi connectivity index (χ0) is 21.8. The Labute approximate surface area is 169 Å². The average Bonchev–Trinajstić information content (AvgIpc) is 3.13. The van der Waals surface area contributed by atoms with E-state index in [1.165, 1.54) is 36.5 Å². The molecule has 4 N–H and O–H groups in total. The van der Waals surface area contributed by atoms with Gasteiger partial charge >= 0.3 is 11.8 Å². The zero-order valence-corrected chi connectivity index (χ0v) is 15.7. The van der Waals surface area contributed by atoms with Gasteiger partial charge in [0.05, 0.1) is 5.56 Å². The van der Waals surface area contributed by atoms with E-state index in [4.69, 9.17) is 5.73 Å². The van der Waals surface area contributed by atoms with Crippen molar-refractivity contribution < 1.29 is 23.2 Å². The van der Waals surface area contributed by atoms with Crippen LogP contribution in [0.4, 0.5) is 14.5 Å². The SMILES string of the molecule is Cn1ccnc1C(NC(=O)C(=O)Nc1ccc(F)c(C(N)=O)c1)c1ccc(F)cc1. The highest BCUT2D eigenvalue weighted by Crippen LogP contribution is 2.21. The van der Waals surface area contributed by atoms with E-state index in [1.807, 2.05) is 0 Å². The van der Waals surface area contributed by atoms with E-state index in [9.17, 15) is 23.2 Å². The molecular formula is C20H17F2N5O3. The lowest BCUT2D eigenvalue weighted by atomic mass is 10.1. The predicted molar refractivity (Wildman–Crippen MR) is 103 cm³/mol. The highest BCUT2D eigenvalue weighted by molar-refractivity contribution is 6.39. The summed E-state index contributed by atoms with van der Waals surface area (Å²) in [7, 11) is 1.70. The van der Waals surface area contributed by atoms with Gasteiger partial charge < -0.3 is 20.9 Å². The molecule has 30 heavy (non-hydrogen) atoms. The Hall–Kier alpha value is -4.08. The fraction of sp³-hybridized carbons (Fsp3) is 0.100. The minimum absolute atomic E-state index is 0.0145. The van der Waals surface area contributed by atoms with Crippen LogP contribution in [0.25, 0.3) is 0 Å². The lowest BCUT2D eigenvalue weighted by Crippen LogP contribution is -2.39. The van der Waals surface area contributed by atoms with Crippen molar-refractivity contribution in [2.24, 2.45) is 12.8 Å². The van der Waals surface area contributed by atoms with Crippen molar-refractivity contribution in [1.29, 1.82) is 0 Å². The number of nitrogens with one attached hydrogen (secondary N) is 2. The predicted octanol–water partition coefficient (Wildman–Crippen LogP) is 1.64. The summed E-state index contributed by atoms with van der Waals surface area (Å²) in [5.74, 6) is -3.98. The average molecular weight is 413 g/mol. The lowest BCUT2D eigenvalue weighted by Gasteiger charge is -2.19. The van der Waals surface area contributed by atoms with E-state index in [-0.39, 0.29) is 5.69 Å². The van der Waals surface area contributed by atoms with Crippen molar-refractivity contribution in [1.82, 2.24) is 14.9 Å². The number of primary amides is 1. The van der Waals surface area contributed by atoms with E-state index in [1.54, 1.807) is 17.8 Å². The molecule has 154 valence electrons. The first-order valence-electron chi connectivity index (χ1n) is 8.70. The third kappa shape index (κ3) is 4.49. The van der Waals surface area contributed by atoms with Crippen LogP contribution in [-0.4, -0.2) is 27.3 Å². The number of aromatic nitrogens is 2. The second-order valence-corrected chi connectivity index (χ2v) is 6.37. The van der Waals surface area contributed by atoms with E-state index >= 15 is 0 Å². The van der Waals surface area contributed by atoms with E-state index in [2.05, 4.69) is 15.6 Å². The number of carbonyl (C=O) groups is 3. The van der Waals surface area contributed by atoms with Crippen molar-refractivity contribution in [2.75, 3.05) is 5.32 Å². The number of rotatable bonds is 5. The second-order valence-electron chi connectivity index (χ2n) is 6.37. The molecule has 1 heterocycles. The van der Waals surface area contributed by atoms with Crippen LogP contribution >= 0.6 is 0 Å². The lowest BCUT2D eigenvalue weighted by molar-refractivity contribution is -0.136.